The van der Waals surface area contributed by atoms with Gasteiger partial charge in [-0.1, -0.05) is 6.42 Å². The van der Waals surface area contributed by atoms with Crippen LogP contribution in [-0.4, -0.2) is 57.6 Å². The zero-order valence-corrected chi connectivity index (χ0v) is 12.2. The molecule has 0 spiro atoms. The molecule has 1 aromatic rings. The standard InChI is InChI=1S/C14H23N5O/c1-9-7-18-6-4-3-5-11(18)8-19(9)14(20)12-10(2)16-17-13(12)15/h9,11H,3-8H2,1-2H3,(H3,15,16,17). The van der Waals surface area contributed by atoms with Crippen molar-refractivity contribution < 1.29 is 4.79 Å². The number of hydrogen-bond donors (Lipinski definition) is 2. The highest BCUT2D eigenvalue weighted by Gasteiger charge is 2.36. The maximum atomic E-state index is 12.8. The first-order valence-corrected chi connectivity index (χ1v) is 7.43. The third kappa shape index (κ3) is 2.18. The molecule has 3 rings (SSSR count). The van der Waals surface area contributed by atoms with Crippen molar-refractivity contribution in [2.75, 3.05) is 25.4 Å². The molecule has 1 amide bonds. The van der Waals surface area contributed by atoms with Gasteiger partial charge >= 0.3 is 0 Å². The number of aryl methyl sites for hydroxylation is 1. The first-order chi connectivity index (χ1) is 9.58. The number of fused-ring (bicyclic) bond motifs is 1. The highest BCUT2D eigenvalue weighted by Crippen LogP contribution is 2.26. The van der Waals surface area contributed by atoms with Crippen molar-refractivity contribution in [2.45, 2.75) is 45.2 Å². The molecule has 2 aliphatic rings. The summed E-state index contributed by atoms with van der Waals surface area (Å²) in [4.78, 5) is 17.3. The lowest BCUT2D eigenvalue weighted by atomic mass is 9.96. The number of piperazine rings is 1. The van der Waals surface area contributed by atoms with Gasteiger partial charge in [-0.2, -0.15) is 5.10 Å². The monoisotopic (exact) mass is 277 g/mol. The van der Waals surface area contributed by atoms with E-state index in [2.05, 4.69) is 22.0 Å². The van der Waals surface area contributed by atoms with E-state index in [9.17, 15) is 4.79 Å². The molecule has 2 atom stereocenters. The van der Waals surface area contributed by atoms with Crippen LogP contribution in [-0.2, 0) is 0 Å². The molecular weight excluding hydrogens is 254 g/mol. The number of H-pyrrole nitrogens is 1. The Kier molecular flexibility index (Phi) is 3.41. The molecule has 0 aromatic carbocycles. The Labute approximate surface area is 119 Å². The molecule has 20 heavy (non-hydrogen) atoms. The fraction of sp³-hybridized carbons (Fsp3) is 0.714. The van der Waals surface area contributed by atoms with Crippen LogP contribution in [0.1, 0.15) is 42.2 Å². The normalized spacial score (nSPS) is 27.4. The van der Waals surface area contributed by atoms with Gasteiger partial charge in [0.15, 0.2) is 5.82 Å². The molecule has 0 bridgehead atoms. The van der Waals surface area contributed by atoms with Crippen molar-refractivity contribution in [1.82, 2.24) is 20.0 Å². The second kappa shape index (κ2) is 5.09. The molecule has 2 saturated heterocycles. The predicted octanol–water partition coefficient (Wildman–Crippen LogP) is 0.999. The summed E-state index contributed by atoms with van der Waals surface area (Å²) in [6, 6.07) is 0.739. The van der Waals surface area contributed by atoms with Gasteiger partial charge < -0.3 is 10.6 Å². The van der Waals surface area contributed by atoms with E-state index in [-0.39, 0.29) is 11.9 Å². The van der Waals surface area contributed by atoms with Crippen LogP contribution < -0.4 is 5.73 Å². The van der Waals surface area contributed by atoms with Gasteiger partial charge in [-0.05, 0) is 33.2 Å². The average Bonchev–Trinajstić information content (AvgIpc) is 2.76. The van der Waals surface area contributed by atoms with Gasteiger partial charge in [0.25, 0.3) is 5.91 Å². The molecule has 2 fully saturated rings. The molecule has 0 radical (unpaired) electrons. The number of aromatic nitrogens is 2. The summed E-state index contributed by atoms with van der Waals surface area (Å²) in [5, 5.41) is 6.73. The van der Waals surface area contributed by atoms with Crippen LogP contribution in [0.15, 0.2) is 0 Å². The summed E-state index contributed by atoms with van der Waals surface area (Å²) in [5.74, 6) is 0.331. The van der Waals surface area contributed by atoms with Gasteiger partial charge in [0, 0.05) is 30.9 Å². The molecule has 2 aliphatic heterocycles. The minimum Gasteiger partial charge on any atom is -0.382 e. The Hall–Kier alpha value is -1.56. The number of nitrogens with one attached hydrogen (secondary N) is 1. The van der Waals surface area contributed by atoms with E-state index < -0.39 is 0 Å². The lowest BCUT2D eigenvalue weighted by Crippen LogP contribution is -2.60. The second-order valence-corrected chi connectivity index (χ2v) is 6.06. The number of nitrogens with zero attached hydrogens (tertiary/aromatic N) is 3. The maximum absolute atomic E-state index is 12.8. The van der Waals surface area contributed by atoms with Gasteiger partial charge in [-0.25, -0.2) is 0 Å². The molecule has 3 N–H and O–H groups in total. The van der Waals surface area contributed by atoms with Gasteiger partial charge in [0.05, 0.1) is 0 Å². The van der Waals surface area contributed by atoms with Gasteiger partial charge in [-0.15, -0.1) is 0 Å². The Morgan fingerprint density at radius 1 is 1.40 bits per heavy atom. The molecular formula is C14H23N5O. The molecule has 0 aliphatic carbocycles. The first kappa shape index (κ1) is 13.4. The quantitative estimate of drug-likeness (QED) is 0.802. The summed E-state index contributed by atoms with van der Waals surface area (Å²) in [7, 11) is 0. The van der Waals surface area contributed by atoms with Crippen molar-refractivity contribution >= 4 is 11.7 Å². The molecule has 3 heterocycles. The van der Waals surface area contributed by atoms with Gasteiger partial charge in [0.2, 0.25) is 0 Å². The van der Waals surface area contributed by atoms with Gasteiger partial charge in [0.1, 0.15) is 5.56 Å². The number of hydrogen-bond acceptors (Lipinski definition) is 4. The molecule has 6 heteroatoms. The van der Waals surface area contributed by atoms with E-state index >= 15 is 0 Å². The number of rotatable bonds is 1. The SMILES string of the molecule is Cc1[nH]nc(N)c1C(=O)N1CC2CCCCN2CC1C. The molecule has 1 aromatic heterocycles. The van der Waals surface area contributed by atoms with E-state index in [1.165, 1.54) is 25.8 Å². The van der Waals surface area contributed by atoms with Crippen molar-refractivity contribution in [1.29, 1.82) is 0 Å². The van der Waals surface area contributed by atoms with Crippen molar-refractivity contribution in [3.63, 3.8) is 0 Å². The van der Waals surface area contributed by atoms with E-state index in [1.807, 2.05) is 11.8 Å². The molecule has 0 saturated carbocycles. The Morgan fingerprint density at radius 2 is 2.20 bits per heavy atom. The first-order valence-electron chi connectivity index (χ1n) is 7.43. The zero-order valence-electron chi connectivity index (χ0n) is 12.2. The van der Waals surface area contributed by atoms with Crippen LogP contribution in [0, 0.1) is 6.92 Å². The van der Waals surface area contributed by atoms with Crippen LogP contribution in [0.25, 0.3) is 0 Å². The molecule has 2 unspecified atom stereocenters. The summed E-state index contributed by atoms with van der Waals surface area (Å²) < 4.78 is 0. The van der Waals surface area contributed by atoms with E-state index in [0.29, 0.717) is 17.4 Å². The number of amides is 1. The highest BCUT2D eigenvalue weighted by atomic mass is 16.2. The number of nitrogen functional groups attached to an aromatic ring is 1. The number of carbonyl (C=O) groups excluding carboxylic acids is 1. The summed E-state index contributed by atoms with van der Waals surface area (Å²) in [6.07, 6.45) is 3.74. The third-order valence-corrected chi connectivity index (χ3v) is 4.64. The summed E-state index contributed by atoms with van der Waals surface area (Å²) in [6.45, 7) is 6.91. The van der Waals surface area contributed by atoms with Gasteiger partial charge in [-0.3, -0.25) is 14.8 Å². The number of carbonyl (C=O) groups is 1. The molecule has 6 nitrogen and oxygen atoms in total. The fourth-order valence-corrected chi connectivity index (χ4v) is 3.50. The van der Waals surface area contributed by atoms with E-state index in [0.717, 1.165) is 18.8 Å². The van der Waals surface area contributed by atoms with Crippen LogP contribution in [0.4, 0.5) is 5.82 Å². The average molecular weight is 277 g/mol. The van der Waals surface area contributed by atoms with Crippen LogP contribution in [0.2, 0.25) is 0 Å². The zero-order chi connectivity index (χ0) is 14.3. The van der Waals surface area contributed by atoms with Crippen LogP contribution >= 0.6 is 0 Å². The largest absolute Gasteiger partial charge is 0.382 e. The predicted molar refractivity (Wildman–Crippen MR) is 77.4 cm³/mol. The van der Waals surface area contributed by atoms with Crippen LogP contribution in [0.5, 0.6) is 0 Å². The lowest BCUT2D eigenvalue weighted by Gasteiger charge is -2.47. The lowest BCUT2D eigenvalue weighted by molar-refractivity contribution is 0.0152. The minimum atomic E-state index is 0.0199. The number of aromatic amines is 1. The Balaban J connectivity index is 1.81. The van der Waals surface area contributed by atoms with E-state index in [4.69, 9.17) is 5.73 Å². The summed E-state index contributed by atoms with van der Waals surface area (Å²) in [5.41, 5.74) is 7.12. The topological polar surface area (TPSA) is 78.2 Å². The smallest absolute Gasteiger partial charge is 0.259 e. The van der Waals surface area contributed by atoms with Crippen molar-refractivity contribution in [2.24, 2.45) is 0 Å². The van der Waals surface area contributed by atoms with Crippen molar-refractivity contribution in [3.05, 3.63) is 11.3 Å². The Bertz CT molecular complexity index is 492. The molecule has 110 valence electrons. The number of piperidine rings is 1. The Morgan fingerprint density at radius 3 is 2.90 bits per heavy atom. The maximum Gasteiger partial charge on any atom is 0.259 e. The van der Waals surface area contributed by atoms with E-state index in [1.54, 1.807) is 0 Å². The number of nitrogens with two attached hydrogens (primary N) is 1. The fourth-order valence-electron chi connectivity index (χ4n) is 3.50. The highest BCUT2D eigenvalue weighted by molar-refractivity contribution is 5.99. The minimum absolute atomic E-state index is 0.0199. The number of anilines is 1. The third-order valence-electron chi connectivity index (χ3n) is 4.64. The van der Waals surface area contributed by atoms with Crippen LogP contribution in [0.3, 0.4) is 0 Å². The van der Waals surface area contributed by atoms with Crippen molar-refractivity contribution in [3.8, 4) is 0 Å². The second-order valence-electron chi connectivity index (χ2n) is 6.06. The summed E-state index contributed by atoms with van der Waals surface area (Å²) >= 11 is 0.